The molecule has 0 saturated heterocycles. The third kappa shape index (κ3) is 10.5. The lowest BCUT2D eigenvalue weighted by Crippen LogP contribution is -2.24. The van der Waals surface area contributed by atoms with E-state index in [-0.39, 0.29) is 0 Å². The summed E-state index contributed by atoms with van der Waals surface area (Å²) in [5, 5.41) is 0. The van der Waals surface area contributed by atoms with Crippen LogP contribution in [0.4, 0.5) is 39.5 Å². The molecule has 0 atom stereocenters. The Morgan fingerprint density at radius 1 is 0.897 bits per heavy atom. The zero-order valence-corrected chi connectivity index (χ0v) is 14.9. The van der Waals surface area contributed by atoms with Gasteiger partial charge in [0.2, 0.25) is 0 Å². The Kier molecular flexibility index (Phi) is 8.14. The molecule has 0 aromatic heterocycles. The average Bonchev–Trinajstić information content (AvgIpc) is 2.55. The van der Waals surface area contributed by atoms with Gasteiger partial charge in [-0.2, -0.15) is 39.5 Å². The molecule has 5 nitrogen and oxygen atoms in total. The summed E-state index contributed by atoms with van der Waals surface area (Å²) in [6.07, 6.45) is -16.4. The van der Waals surface area contributed by atoms with E-state index in [0.29, 0.717) is 12.1 Å². The zero-order valence-electron chi connectivity index (χ0n) is 14.0. The lowest BCUT2D eigenvalue weighted by atomic mass is 10.2. The topological polar surface area (TPSA) is 61.8 Å². The van der Waals surface area contributed by atoms with E-state index in [1.54, 1.807) is 0 Å². The standard InChI is InChI=1S/C14H12F9O5P/c15-12(16,17)7-27-29(25,28-8-13(18,19)20)6-10(24)5-26-11-3-1-2-9(4-11)14(21,22)23/h1-4H,5-8H2. The van der Waals surface area contributed by atoms with Gasteiger partial charge in [0.25, 0.3) is 0 Å². The SMILES string of the molecule is O=C(COc1cccc(C(F)(F)F)c1)CP(=O)(OCC(F)(F)F)OCC(F)(F)F. The Labute approximate surface area is 157 Å². The van der Waals surface area contributed by atoms with Crippen molar-refractivity contribution in [2.24, 2.45) is 0 Å². The van der Waals surface area contributed by atoms with Gasteiger partial charge in [-0.05, 0) is 18.2 Å². The van der Waals surface area contributed by atoms with Crippen LogP contribution in [0.3, 0.4) is 0 Å². The molecule has 0 fully saturated rings. The molecule has 0 N–H and O–H groups in total. The normalized spacial score (nSPS) is 13.4. The lowest BCUT2D eigenvalue weighted by Gasteiger charge is -2.20. The van der Waals surface area contributed by atoms with Gasteiger partial charge >= 0.3 is 26.1 Å². The highest BCUT2D eigenvalue weighted by atomic mass is 31.2. The van der Waals surface area contributed by atoms with E-state index in [1.807, 2.05) is 0 Å². The Morgan fingerprint density at radius 2 is 1.41 bits per heavy atom. The van der Waals surface area contributed by atoms with Gasteiger partial charge in [0.15, 0.2) is 19.0 Å². The molecule has 0 radical (unpaired) electrons. The van der Waals surface area contributed by atoms with Gasteiger partial charge in [-0.25, -0.2) is 0 Å². The molecule has 0 unspecified atom stereocenters. The molecule has 1 rings (SSSR count). The maximum Gasteiger partial charge on any atom is 0.416 e. The molecule has 0 aliphatic carbocycles. The first kappa shape index (κ1) is 25.2. The van der Waals surface area contributed by atoms with Gasteiger partial charge in [0.05, 0.1) is 5.56 Å². The fourth-order valence-electron chi connectivity index (χ4n) is 1.66. The van der Waals surface area contributed by atoms with Gasteiger partial charge in [0, 0.05) is 0 Å². The summed E-state index contributed by atoms with van der Waals surface area (Å²) in [5.41, 5.74) is -1.13. The summed E-state index contributed by atoms with van der Waals surface area (Å²) < 4.78 is 135. The minimum absolute atomic E-state index is 0.463. The summed E-state index contributed by atoms with van der Waals surface area (Å²) >= 11 is 0. The molecule has 0 spiro atoms. The highest BCUT2D eigenvalue weighted by Gasteiger charge is 2.39. The van der Waals surface area contributed by atoms with Crippen molar-refractivity contribution in [2.45, 2.75) is 18.5 Å². The van der Waals surface area contributed by atoms with E-state index in [0.717, 1.165) is 12.1 Å². The molecule has 0 aliphatic heterocycles. The van der Waals surface area contributed by atoms with Crippen LogP contribution in [0, 0.1) is 0 Å². The van der Waals surface area contributed by atoms with Crippen molar-refractivity contribution >= 4 is 13.4 Å². The molecule has 0 heterocycles. The highest BCUT2D eigenvalue weighted by molar-refractivity contribution is 7.54. The van der Waals surface area contributed by atoms with Crippen LogP contribution in [0.2, 0.25) is 0 Å². The van der Waals surface area contributed by atoms with Crippen molar-refractivity contribution in [1.29, 1.82) is 0 Å². The van der Waals surface area contributed by atoms with Crippen molar-refractivity contribution in [3.05, 3.63) is 29.8 Å². The number of halogens is 9. The molecule has 0 bridgehead atoms. The fourth-order valence-corrected chi connectivity index (χ4v) is 3.13. The predicted octanol–water partition coefficient (Wildman–Crippen LogP) is 5.00. The van der Waals surface area contributed by atoms with Crippen molar-refractivity contribution < 1.29 is 62.7 Å². The Hall–Kier alpha value is -1.79. The van der Waals surface area contributed by atoms with E-state index in [9.17, 15) is 48.9 Å². The second-order valence-electron chi connectivity index (χ2n) is 5.40. The van der Waals surface area contributed by atoms with E-state index >= 15 is 0 Å². The first-order chi connectivity index (χ1) is 13.0. The van der Waals surface area contributed by atoms with Crippen LogP contribution in [0.25, 0.3) is 0 Å². The number of ketones is 1. The number of rotatable bonds is 9. The molecular formula is C14H12F9O5P. The zero-order chi connectivity index (χ0) is 22.5. The molecule has 0 saturated carbocycles. The maximum absolute atomic E-state index is 12.6. The van der Waals surface area contributed by atoms with Crippen LogP contribution >= 0.6 is 7.60 Å². The van der Waals surface area contributed by atoms with Crippen LogP contribution in [0.5, 0.6) is 5.75 Å². The van der Waals surface area contributed by atoms with E-state index in [4.69, 9.17) is 4.74 Å². The largest absolute Gasteiger partial charge is 0.486 e. The van der Waals surface area contributed by atoms with Crippen molar-refractivity contribution in [3.8, 4) is 5.75 Å². The van der Waals surface area contributed by atoms with Crippen LogP contribution < -0.4 is 4.74 Å². The summed E-state index contributed by atoms with van der Waals surface area (Å²) in [7, 11) is -5.18. The van der Waals surface area contributed by atoms with E-state index in [2.05, 4.69) is 9.05 Å². The van der Waals surface area contributed by atoms with E-state index < -0.39 is 69.2 Å². The number of ether oxygens (including phenoxy) is 1. The quantitative estimate of drug-likeness (QED) is 0.382. The molecule has 0 aliphatic rings. The van der Waals surface area contributed by atoms with Gasteiger partial charge in [0.1, 0.15) is 18.5 Å². The Balaban J connectivity index is 2.77. The van der Waals surface area contributed by atoms with Gasteiger partial charge in [-0.15, -0.1) is 0 Å². The second-order valence-corrected chi connectivity index (χ2v) is 7.45. The number of hydrogen-bond donors (Lipinski definition) is 0. The van der Waals surface area contributed by atoms with Gasteiger partial charge in [-0.3, -0.25) is 18.4 Å². The fraction of sp³-hybridized carbons (Fsp3) is 0.500. The molecule has 0 amide bonds. The predicted molar refractivity (Wildman–Crippen MR) is 78.4 cm³/mol. The number of carbonyl (C=O) groups excluding carboxylic acids is 1. The number of Topliss-reactive ketones (excluding diaryl/α,β-unsaturated/α-hetero) is 1. The smallest absolute Gasteiger partial charge is 0.416 e. The van der Waals surface area contributed by atoms with Crippen LogP contribution in [0.15, 0.2) is 24.3 Å². The summed E-state index contributed by atoms with van der Waals surface area (Å²) in [6, 6.07) is 3.15. The van der Waals surface area contributed by atoms with Crippen molar-refractivity contribution in [2.75, 3.05) is 26.0 Å². The minimum Gasteiger partial charge on any atom is -0.486 e. The summed E-state index contributed by atoms with van der Waals surface area (Å²) in [6.45, 7) is -5.59. The Bertz CT molecular complexity index is 720. The molecule has 1 aromatic carbocycles. The minimum atomic E-state index is -5.18. The molecule has 29 heavy (non-hydrogen) atoms. The van der Waals surface area contributed by atoms with Crippen LogP contribution in [0.1, 0.15) is 5.56 Å². The van der Waals surface area contributed by atoms with Crippen molar-refractivity contribution in [3.63, 3.8) is 0 Å². The first-order valence-corrected chi connectivity index (χ1v) is 9.05. The summed E-state index contributed by atoms with van der Waals surface area (Å²) in [4.78, 5) is 11.7. The number of carbonyl (C=O) groups is 1. The van der Waals surface area contributed by atoms with Crippen LogP contribution in [-0.4, -0.2) is 44.1 Å². The number of benzene rings is 1. The Morgan fingerprint density at radius 3 is 1.86 bits per heavy atom. The average molecular weight is 462 g/mol. The third-order valence-corrected chi connectivity index (χ3v) is 4.57. The number of alkyl halides is 9. The molecule has 166 valence electrons. The maximum atomic E-state index is 12.6. The first-order valence-electron chi connectivity index (χ1n) is 7.32. The second kappa shape index (κ2) is 9.35. The van der Waals surface area contributed by atoms with Gasteiger partial charge in [-0.1, -0.05) is 6.07 Å². The van der Waals surface area contributed by atoms with E-state index in [1.165, 1.54) is 0 Å². The van der Waals surface area contributed by atoms with Crippen LogP contribution in [-0.2, 0) is 24.6 Å². The third-order valence-electron chi connectivity index (χ3n) is 2.78. The molecular weight excluding hydrogens is 450 g/mol. The summed E-state index contributed by atoms with van der Waals surface area (Å²) in [5.74, 6) is -1.79. The van der Waals surface area contributed by atoms with Gasteiger partial charge < -0.3 is 4.74 Å². The van der Waals surface area contributed by atoms with Crippen molar-refractivity contribution in [1.82, 2.24) is 0 Å². The molecule has 15 heteroatoms. The lowest BCUT2D eigenvalue weighted by molar-refractivity contribution is -0.165. The monoisotopic (exact) mass is 462 g/mol. The molecule has 1 aromatic rings. The highest BCUT2D eigenvalue weighted by Crippen LogP contribution is 2.50. The number of hydrogen-bond acceptors (Lipinski definition) is 5.